The molecule has 0 unspecified atom stereocenters. The minimum Gasteiger partial charge on any atom is -0.340 e. The summed E-state index contributed by atoms with van der Waals surface area (Å²) in [5.74, 6) is -0.00767. The Balaban J connectivity index is 1.83. The van der Waals surface area contributed by atoms with E-state index in [9.17, 15) is 9.59 Å². The van der Waals surface area contributed by atoms with Gasteiger partial charge >= 0.3 is 0 Å². The Labute approximate surface area is 148 Å². The second-order valence-electron chi connectivity index (χ2n) is 5.70. The summed E-state index contributed by atoms with van der Waals surface area (Å²) in [6, 6.07) is 16.9. The Morgan fingerprint density at radius 2 is 1.88 bits per heavy atom. The number of fused-ring (bicyclic) bond motifs is 1. The number of amides is 1. The topological polar surface area (TPSA) is 42.3 Å². The third-order valence-electron chi connectivity index (χ3n) is 3.93. The van der Waals surface area contributed by atoms with Crippen LogP contribution in [-0.2, 0) is 17.9 Å². The lowest BCUT2D eigenvalue weighted by Gasteiger charge is -2.19. The van der Waals surface area contributed by atoms with Crippen molar-refractivity contribution in [2.24, 2.45) is 0 Å². The predicted octanol–water partition coefficient (Wildman–Crippen LogP) is 3.42. The number of rotatable bonds is 4. The maximum Gasteiger partial charge on any atom is 0.242 e. The molecule has 0 saturated heterocycles. The van der Waals surface area contributed by atoms with Gasteiger partial charge in [0.15, 0.2) is 5.43 Å². The number of hydrogen-bond donors (Lipinski definition) is 0. The molecular formula is C19H17BrN2O2. The van der Waals surface area contributed by atoms with Gasteiger partial charge in [0, 0.05) is 35.7 Å². The third kappa shape index (κ3) is 3.57. The zero-order chi connectivity index (χ0) is 17.1. The highest BCUT2D eigenvalue weighted by molar-refractivity contribution is 9.10. The Hall–Kier alpha value is -2.40. The molecule has 1 amide bonds. The minimum atomic E-state index is -0.0485. The highest BCUT2D eigenvalue weighted by Crippen LogP contribution is 2.17. The lowest BCUT2D eigenvalue weighted by Crippen LogP contribution is -2.30. The molecule has 0 bridgehead atoms. The highest BCUT2D eigenvalue weighted by Gasteiger charge is 2.12. The van der Waals surface area contributed by atoms with E-state index in [2.05, 4.69) is 15.9 Å². The van der Waals surface area contributed by atoms with Gasteiger partial charge in [-0.25, -0.2) is 0 Å². The number of pyridine rings is 1. The Kier molecular flexibility index (Phi) is 4.81. The Morgan fingerprint density at radius 1 is 1.12 bits per heavy atom. The van der Waals surface area contributed by atoms with Gasteiger partial charge in [-0.3, -0.25) is 9.59 Å². The highest BCUT2D eigenvalue weighted by atomic mass is 79.9. The molecule has 5 heteroatoms. The van der Waals surface area contributed by atoms with Crippen LogP contribution in [-0.4, -0.2) is 22.4 Å². The summed E-state index contributed by atoms with van der Waals surface area (Å²) in [6.07, 6.45) is 1.67. The molecule has 0 aliphatic carbocycles. The van der Waals surface area contributed by atoms with E-state index in [4.69, 9.17) is 0 Å². The van der Waals surface area contributed by atoms with Crippen molar-refractivity contribution in [2.45, 2.75) is 13.1 Å². The predicted molar refractivity (Wildman–Crippen MR) is 98.8 cm³/mol. The molecular weight excluding hydrogens is 368 g/mol. The van der Waals surface area contributed by atoms with E-state index in [1.165, 1.54) is 6.07 Å². The number of hydrogen-bond acceptors (Lipinski definition) is 2. The van der Waals surface area contributed by atoms with Crippen molar-refractivity contribution in [3.63, 3.8) is 0 Å². The molecule has 2 aromatic carbocycles. The molecule has 0 saturated carbocycles. The van der Waals surface area contributed by atoms with Crippen molar-refractivity contribution >= 4 is 32.7 Å². The lowest BCUT2D eigenvalue weighted by molar-refractivity contribution is -0.131. The number of aromatic nitrogens is 1. The van der Waals surface area contributed by atoms with Crippen molar-refractivity contribution in [1.29, 1.82) is 0 Å². The monoisotopic (exact) mass is 384 g/mol. The molecule has 3 rings (SSSR count). The Bertz CT molecular complexity index is 935. The van der Waals surface area contributed by atoms with Gasteiger partial charge in [0.1, 0.15) is 6.54 Å². The lowest BCUT2D eigenvalue weighted by atomic mass is 10.2. The fourth-order valence-corrected chi connectivity index (χ4v) is 2.99. The number of benzene rings is 2. The first-order valence-electron chi connectivity index (χ1n) is 7.61. The zero-order valence-electron chi connectivity index (χ0n) is 13.3. The van der Waals surface area contributed by atoms with Crippen LogP contribution in [0.1, 0.15) is 5.56 Å². The number of nitrogens with zero attached hydrogens (tertiary/aromatic N) is 2. The van der Waals surface area contributed by atoms with Gasteiger partial charge in [0.2, 0.25) is 5.91 Å². The van der Waals surface area contributed by atoms with Gasteiger partial charge in [-0.1, -0.05) is 46.3 Å². The van der Waals surface area contributed by atoms with E-state index in [1.807, 2.05) is 47.0 Å². The van der Waals surface area contributed by atoms with Crippen LogP contribution in [0.2, 0.25) is 0 Å². The molecule has 0 aliphatic heterocycles. The summed E-state index contributed by atoms with van der Waals surface area (Å²) in [5.41, 5.74) is 1.79. The van der Waals surface area contributed by atoms with Crippen molar-refractivity contribution in [3.05, 3.63) is 81.1 Å². The molecule has 122 valence electrons. The molecule has 0 radical (unpaired) electrons. The van der Waals surface area contributed by atoms with Crippen molar-refractivity contribution in [1.82, 2.24) is 9.47 Å². The van der Waals surface area contributed by atoms with Gasteiger partial charge in [-0.2, -0.15) is 0 Å². The largest absolute Gasteiger partial charge is 0.340 e. The molecule has 24 heavy (non-hydrogen) atoms. The van der Waals surface area contributed by atoms with E-state index in [0.717, 1.165) is 15.6 Å². The second kappa shape index (κ2) is 7.01. The summed E-state index contributed by atoms with van der Waals surface area (Å²) >= 11 is 3.38. The van der Waals surface area contributed by atoms with Crippen LogP contribution < -0.4 is 5.43 Å². The molecule has 4 nitrogen and oxygen atoms in total. The maximum absolute atomic E-state index is 12.5. The Morgan fingerprint density at radius 3 is 2.62 bits per heavy atom. The van der Waals surface area contributed by atoms with E-state index in [-0.39, 0.29) is 17.9 Å². The van der Waals surface area contributed by atoms with Crippen molar-refractivity contribution in [2.75, 3.05) is 7.05 Å². The van der Waals surface area contributed by atoms with Crippen LogP contribution in [0.4, 0.5) is 0 Å². The van der Waals surface area contributed by atoms with E-state index in [0.29, 0.717) is 11.9 Å². The smallest absolute Gasteiger partial charge is 0.242 e. The van der Waals surface area contributed by atoms with Crippen molar-refractivity contribution in [3.8, 4) is 0 Å². The molecule has 1 heterocycles. The standard InChI is InChI=1S/C19H17BrN2O2/c1-21(12-14-5-3-2-4-6-14)19(24)13-22-10-9-18(23)16-11-15(20)7-8-17(16)22/h2-11H,12-13H2,1H3. The molecule has 0 aliphatic rings. The van der Waals surface area contributed by atoms with E-state index < -0.39 is 0 Å². The van der Waals surface area contributed by atoms with Crippen LogP contribution in [0.3, 0.4) is 0 Å². The second-order valence-corrected chi connectivity index (χ2v) is 6.62. The number of carbonyl (C=O) groups is 1. The molecule has 0 atom stereocenters. The normalized spacial score (nSPS) is 10.8. The number of likely N-dealkylation sites (N-methyl/N-ethyl adjacent to an activating group) is 1. The molecule has 3 aromatic rings. The zero-order valence-corrected chi connectivity index (χ0v) is 14.9. The molecule has 1 aromatic heterocycles. The van der Waals surface area contributed by atoms with Gasteiger partial charge in [0.05, 0.1) is 5.52 Å². The quantitative estimate of drug-likeness (QED) is 0.691. The van der Waals surface area contributed by atoms with Gasteiger partial charge in [-0.15, -0.1) is 0 Å². The number of halogens is 1. The summed E-state index contributed by atoms with van der Waals surface area (Å²) < 4.78 is 2.66. The third-order valence-corrected chi connectivity index (χ3v) is 4.43. The maximum atomic E-state index is 12.5. The van der Waals surface area contributed by atoms with Crippen LogP contribution in [0.15, 0.2) is 70.1 Å². The van der Waals surface area contributed by atoms with Crippen LogP contribution in [0.25, 0.3) is 10.9 Å². The first kappa shape index (κ1) is 16.5. The van der Waals surface area contributed by atoms with Gasteiger partial charge in [-0.05, 0) is 23.8 Å². The first-order valence-corrected chi connectivity index (χ1v) is 8.40. The average Bonchev–Trinajstić information content (AvgIpc) is 2.58. The molecule has 0 spiro atoms. The fraction of sp³-hybridized carbons (Fsp3) is 0.158. The first-order chi connectivity index (χ1) is 11.5. The summed E-state index contributed by atoms with van der Waals surface area (Å²) in [6.45, 7) is 0.755. The van der Waals surface area contributed by atoms with Crippen LogP contribution in [0, 0.1) is 0 Å². The summed E-state index contributed by atoms with van der Waals surface area (Å²) in [4.78, 5) is 26.2. The fourth-order valence-electron chi connectivity index (χ4n) is 2.63. The SMILES string of the molecule is CN(Cc1ccccc1)C(=O)Cn1ccc(=O)c2cc(Br)ccc21. The summed E-state index contributed by atoms with van der Waals surface area (Å²) in [5, 5.41) is 0.602. The number of carbonyl (C=O) groups excluding carboxylic acids is 1. The average molecular weight is 385 g/mol. The van der Waals surface area contributed by atoms with Crippen LogP contribution in [0.5, 0.6) is 0 Å². The minimum absolute atomic E-state index is 0.00767. The molecule has 0 fully saturated rings. The van der Waals surface area contributed by atoms with Crippen LogP contribution >= 0.6 is 15.9 Å². The summed E-state index contributed by atoms with van der Waals surface area (Å²) in [7, 11) is 1.79. The molecule has 0 N–H and O–H groups in total. The van der Waals surface area contributed by atoms with Crippen molar-refractivity contribution < 1.29 is 4.79 Å². The van der Waals surface area contributed by atoms with Gasteiger partial charge in [0.25, 0.3) is 0 Å². The van der Waals surface area contributed by atoms with E-state index >= 15 is 0 Å². The van der Waals surface area contributed by atoms with Gasteiger partial charge < -0.3 is 9.47 Å². The van der Waals surface area contributed by atoms with E-state index in [1.54, 1.807) is 24.2 Å².